The van der Waals surface area contributed by atoms with Gasteiger partial charge in [-0.3, -0.25) is 0 Å². The molecule has 0 saturated heterocycles. The minimum absolute atomic E-state index is 0. The minimum Gasteiger partial charge on any atom is -0.212 e. The lowest BCUT2D eigenvalue weighted by Crippen LogP contribution is -2.45. The Hall–Kier alpha value is -0.350. The maximum absolute atomic E-state index is 11.7. The molecule has 0 unspecified atom stereocenters. The van der Waals surface area contributed by atoms with E-state index in [4.69, 9.17) is 0 Å². The van der Waals surface area contributed by atoms with E-state index in [1.807, 2.05) is 20.8 Å². The molecule has 0 N–H and O–H groups in total. The first-order valence-electron chi connectivity index (χ1n) is 5.92. The summed E-state index contributed by atoms with van der Waals surface area (Å²) in [6.07, 6.45) is 1.96. The molecule has 0 aromatic heterocycles. The fraction of sp³-hybridized carbons (Fsp3) is 0.875. The van der Waals surface area contributed by atoms with Crippen LogP contribution in [0.1, 0.15) is 70.2 Å². The molecule has 0 aliphatic heterocycles. The van der Waals surface area contributed by atoms with Crippen LogP contribution in [0.3, 0.4) is 0 Å². The summed E-state index contributed by atoms with van der Waals surface area (Å²) in [5.74, 6) is 0. The summed E-state index contributed by atoms with van der Waals surface area (Å²) in [6, 6.07) is 0. The second-order valence-corrected chi connectivity index (χ2v) is 8.52. The van der Waals surface area contributed by atoms with Crippen molar-refractivity contribution >= 4 is 10.0 Å². The van der Waals surface area contributed by atoms with Gasteiger partial charge < -0.3 is 0 Å². The van der Waals surface area contributed by atoms with Crippen molar-refractivity contribution < 1.29 is 8.42 Å². The highest BCUT2D eigenvalue weighted by Crippen LogP contribution is 2.28. The second-order valence-electron chi connectivity index (χ2n) is 6.61. The predicted octanol–water partition coefficient (Wildman–Crippen LogP) is 4.95. The molecule has 0 spiro atoms. The normalized spacial score (nSPS) is 12.0. The number of nitrogens with zero attached hydrogens (tertiary/aromatic N) is 1. The highest BCUT2D eigenvalue weighted by atomic mass is 32.2. The van der Waals surface area contributed by atoms with Gasteiger partial charge in [-0.05, 0) is 32.6 Å². The van der Waals surface area contributed by atoms with Gasteiger partial charge in [0.25, 0.3) is 0 Å². The fourth-order valence-corrected chi connectivity index (χ4v) is 3.03. The van der Waals surface area contributed by atoms with E-state index < -0.39 is 10.0 Å². The lowest BCUT2D eigenvalue weighted by atomic mass is 9.85. The molecule has 126 valence electrons. The Morgan fingerprint density at radius 2 is 1.35 bits per heavy atom. The van der Waals surface area contributed by atoms with Crippen LogP contribution in [0.4, 0.5) is 0 Å². The molecule has 0 aliphatic rings. The van der Waals surface area contributed by atoms with Crippen LogP contribution >= 0.6 is 0 Å². The molecule has 0 amide bonds. The van der Waals surface area contributed by atoms with Crippen molar-refractivity contribution in [3.63, 3.8) is 0 Å². The third-order valence-corrected chi connectivity index (χ3v) is 4.36. The van der Waals surface area contributed by atoms with E-state index in [2.05, 4.69) is 27.4 Å². The van der Waals surface area contributed by atoms with E-state index in [-0.39, 0.29) is 33.2 Å². The molecule has 0 heterocycles. The fourth-order valence-electron chi connectivity index (χ4n) is 1.61. The van der Waals surface area contributed by atoms with E-state index in [9.17, 15) is 8.42 Å². The molecule has 0 atom stereocenters. The van der Waals surface area contributed by atoms with Crippen LogP contribution in [0.15, 0.2) is 12.2 Å². The summed E-state index contributed by atoms with van der Waals surface area (Å²) >= 11 is 0. The molecule has 0 saturated carbocycles. The summed E-state index contributed by atoms with van der Waals surface area (Å²) in [7, 11) is -3.17. The summed E-state index contributed by atoms with van der Waals surface area (Å²) in [5, 5.41) is 0. The first-order chi connectivity index (χ1) is 7.26. The van der Waals surface area contributed by atoms with Gasteiger partial charge in [-0.25, -0.2) is 8.42 Å². The largest absolute Gasteiger partial charge is 0.212 e. The van der Waals surface area contributed by atoms with Gasteiger partial charge in [-0.1, -0.05) is 55.2 Å². The maximum Gasteiger partial charge on any atom is 0.211 e. The summed E-state index contributed by atoms with van der Waals surface area (Å²) in [6.45, 7) is 16.6. The standard InChI is InChI=1S/C13H27NO2S.3CH4/c1-11(12(2,3)4)9-10-14(13(5,6)7)17(8,15)16;;;/h1,9-10H2,2-8H3;3*1H4. The van der Waals surface area contributed by atoms with Gasteiger partial charge in [0.15, 0.2) is 0 Å². The van der Waals surface area contributed by atoms with E-state index in [1.165, 1.54) is 10.6 Å². The van der Waals surface area contributed by atoms with Gasteiger partial charge in [0, 0.05) is 12.1 Å². The predicted molar refractivity (Wildman–Crippen MR) is 94.7 cm³/mol. The van der Waals surface area contributed by atoms with Crippen molar-refractivity contribution in [1.82, 2.24) is 4.31 Å². The topological polar surface area (TPSA) is 37.4 Å². The molecule has 0 aliphatic carbocycles. The molecule has 0 rings (SSSR count). The van der Waals surface area contributed by atoms with Gasteiger partial charge in [-0.2, -0.15) is 4.31 Å². The van der Waals surface area contributed by atoms with Gasteiger partial charge in [0.2, 0.25) is 10.0 Å². The molecule has 20 heavy (non-hydrogen) atoms. The van der Waals surface area contributed by atoms with Crippen molar-refractivity contribution in [2.75, 3.05) is 12.8 Å². The molecule has 0 aromatic rings. The van der Waals surface area contributed by atoms with Crippen LogP contribution in [-0.2, 0) is 10.0 Å². The first kappa shape index (κ1) is 27.9. The maximum atomic E-state index is 11.7. The molecule has 0 fully saturated rings. The van der Waals surface area contributed by atoms with Gasteiger partial charge in [0.05, 0.1) is 6.26 Å². The molecule has 0 aromatic carbocycles. The number of sulfonamides is 1. The van der Waals surface area contributed by atoms with Crippen molar-refractivity contribution in [3.8, 4) is 0 Å². The highest BCUT2D eigenvalue weighted by molar-refractivity contribution is 7.88. The molecular formula is C16H39NO2S. The van der Waals surface area contributed by atoms with Crippen molar-refractivity contribution in [2.45, 2.75) is 75.8 Å². The Balaban J connectivity index is -0.000000427. The van der Waals surface area contributed by atoms with E-state index in [1.54, 1.807) is 0 Å². The SMILES string of the molecule is C.C.C.C=C(CCN(C(C)(C)C)S(C)(=O)=O)C(C)(C)C. The second kappa shape index (κ2) is 8.83. The molecule has 0 bridgehead atoms. The van der Waals surface area contributed by atoms with Crippen LogP contribution in [0, 0.1) is 5.41 Å². The zero-order valence-corrected chi connectivity index (χ0v) is 13.1. The third kappa shape index (κ3) is 9.54. The zero-order chi connectivity index (χ0) is 14.1. The van der Waals surface area contributed by atoms with Crippen molar-refractivity contribution in [1.29, 1.82) is 0 Å². The number of hydrogen-bond acceptors (Lipinski definition) is 2. The average Bonchev–Trinajstić information content (AvgIpc) is 1.96. The smallest absolute Gasteiger partial charge is 0.211 e. The Kier molecular flexibility index (Phi) is 12.3. The highest BCUT2D eigenvalue weighted by Gasteiger charge is 2.29. The Bertz CT molecular complexity index is 370. The van der Waals surface area contributed by atoms with Crippen LogP contribution in [0.2, 0.25) is 0 Å². The lowest BCUT2D eigenvalue weighted by Gasteiger charge is -2.34. The van der Waals surface area contributed by atoms with Crippen LogP contribution in [0.5, 0.6) is 0 Å². The molecule has 0 radical (unpaired) electrons. The minimum atomic E-state index is -3.17. The average molecular weight is 310 g/mol. The van der Waals surface area contributed by atoms with Crippen LogP contribution < -0.4 is 0 Å². The summed E-state index contributed by atoms with van der Waals surface area (Å²) in [4.78, 5) is 0. The van der Waals surface area contributed by atoms with E-state index in [0.29, 0.717) is 13.0 Å². The lowest BCUT2D eigenvalue weighted by molar-refractivity contribution is 0.249. The Morgan fingerprint density at radius 3 is 1.55 bits per heavy atom. The van der Waals surface area contributed by atoms with Crippen LogP contribution in [-0.4, -0.2) is 31.1 Å². The number of hydrogen-bond donors (Lipinski definition) is 0. The van der Waals surface area contributed by atoms with Crippen molar-refractivity contribution in [2.24, 2.45) is 5.41 Å². The van der Waals surface area contributed by atoms with Crippen molar-refractivity contribution in [3.05, 3.63) is 12.2 Å². The Morgan fingerprint density at radius 1 is 1.00 bits per heavy atom. The van der Waals surface area contributed by atoms with Gasteiger partial charge in [0.1, 0.15) is 0 Å². The van der Waals surface area contributed by atoms with E-state index in [0.717, 1.165) is 5.57 Å². The third-order valence-electron chi connectivity index (χ3n) is 2.83. The van der Waals surface area contributed by atoms with Gasteiger partial charge >= 0.3 is 0 Å². The van der Waals surface area contributed by atoms with Gasteiger partial charge in [-0.15, -0.1) is 0 Å². The summed E-state index contributed by atoms with van der Waals surface area (Å²) < 4.78 is 25.0. The monoisotopic (exact) mass is 309 g/mol. The van der Waals surface area contributed by atoms with Crippen LogP contribution in [0.25, 0.3) is 0 Å². The molecule has 3 nitrogen and oxygen atoms in total. The number of rotatable bonds is 4. The quantitative estimate of drug-likeness (QED) is 0.689. The Labute approximate surface area is 129 Å². The molecule has 4 heteroatoms. The zero-order valence-electron chi connectivity index (χ0n) is 12.3. The molecular weight excluding hydrogens is 270 g/mol. The summed E-state index contributed by atoms with van der Waals surface area (Å²) in [5.41, 5.74) is 0.725. The van der Waals surface area contributed by atoms with E-state index >= 15 is 0 Å². The first-order valence-corrected chi connectivity index (χ1v) is 7.77.